The maximum absolute atomic E-state index is 10.5. The molecule has 0 spiro atoms. The summed E-state index contributed by atoms with van der Waals surface area (Å²) in [5, 5.41) is 18.9. The van der Waals surface area contributed by atoms with Crippen LogP contribution in [0.2, 0.25) is 0 Å². The van der Waals surface area contributed by atoms with E-state index >= 15 is 0 Å². The van der Waals surface area contributed by atoms with Crippen molar-refractivity contribution < 1.29 is 19.7 Å². The Kier molecular flexibility index (Phi) is 2.97. The Morgan fingerprint density at radius 1 is 1.53 bits per heavy atom. The van der Waals surface area contributed by atoms with Crippen molar-refractivity contribution in [1.82, 2.24) is 0 Å². The van der Waals surface area contributed by atoms with Crippen molar-refractivity contribution in [2.45, 2.75) is 12.6 Å². The quantitative estimate of drug-likeness (QED) is 0.790. The van der Waals surface area contributed by atoms with E-state index in [1.807, 2.05) is 0 Å². The second-order valence-electron chi connectivity index (χ2n) is 3.77. The second kappa shape index (κ2) is 4.29. The Morgan fingerprint density at radius 2 is 2.24 bits per heavy atom. The number of thioether (sulfide) groups is 1. The molecule has 2 N–H and O–H groups in total. The number of ether oxygens (including phenoxy) is 1. The van der Waals surface area contributed by atoms with Gasteiger partial charge >= 0.3 is 6.16 Å². The average Bonchev–Trinajstić information content (AvgIpc) is 2.60. The Bertz CT molecular complexity index is 488. The minimum atomic E-state index is -1.35. The van der Waals surface area contributed by atoms with E-state index in [9.17, 15) is 9.90 Å². The van der Waals surface area contributed by atoms with Crippen LogP contribution in [0.15, 0.2) is 29.3 Å². The van der Waals surface area contributed by atoms with Gasteiger partial charge in [-0.05, 0) is 19.1 Å². The summed E-state index contributed by atoms with van der Waals surface area (Å²) >= 11 is 1.36. The highest BCUT2D eigenvalue weighted by atomic mass is 32.2. The second-order valence-corrected chi connectivity index (χ2v) is 4.73. The lowest BCUT2D eigenvalue weighted by Gasteiger charge is -2.17. The maximum Gasteiger partial charge on any atom is 0.507 e. The van der Waals surface area contributed by atoms with Gasteiger partial charge in [0.05, 0.1) is 5.75 Å². The molecule has 90 valence electrons. The zero-order chi connectivity index (χ0) is 12.5. The number of carboxylic acid groups (broad SMARTS) is 1. The Labute approximate surface area is 102 Å². The molecule has 2 rings (SSSR count). The van der Waals surface area contributed by atoms with Crippen molar-refractivity contribution in [3.63, 3.8) is 0 Å². The standard InChI is InChI=1S/C11H11NO4S/c1-11(16-10(14)15)6-17-9(12-11)7-4-2-3-5-8(7)13/h2-5,13H,6H2,1H3,(H,14,15)/t11-/m0/s1. The van der Waals surface area contributed by atoms with Crippen LogP contribution in [0, 0.1) is 0 Å². The summed E-state index contributed by atoms with van der Waals surface area (Å²) in [4.78, 5) is 14.7. The third-order valence-electron chi connectivity index (χ3n) is 2.26. The van der Waals surface area contributed by atoms with Gasteiger partial charge in [-0.3, -0.25) is 0 Å². The third kappa shape index (κ3) is 2.52. The fourth-order valence-corrected chi connectivity index (χ4v) is 2.63. The van der Waals surface area contributed by atoms with Crippen molar-refractivity contribution >= 4 is 23.0 Å². The Hall–Kier alpha value is -1.69. The number of hydrogen-bond donors (Lipinski definition) is 2. The van der Waals surface area contributed by atoms with Gasteiger partial charge in [0.15, 0.2) is 0 Å². The molecule has 0 aliphatic carbocycles. The van der Waals surface area contributed by atoms with E-state index in [2.05, 4.69) is 4.99 Å². The van der Waals surface area contributed by atoms with Gasteiger partial charge in [-0.1, -0.05) is 23.9 Å². The minimum Gasteiger partial charge on any atom is -0.507 e. The molecule has 0 saturated heterocycles. The zero-order valence-electron chi connectivity index (χ0n) is 9.08. The molecule has 0 saturated carbocycles. The van der Waals surface area contributed by atoms with Gasteiger partial charge in [-0.15, -0.1) is 0 Å². The highest BCUT2D eigenvalue weighted by molar-refractivity contribution is 8.14. The van der Waals surface area contributed by atoms with Crippen LogP contribution in [0.4, 0.5) is 4.79 Å². The van der Waals surface area contributed by atoms with Crippen molar-refractivity contribution in [1.29, 1.82) is 0 Å². The van der Waals surface area contributed by atoms with Crippen LogP contribution in [0.1, 0.15) is 12.5 Å². The summed E-state index contributed by atoms with van der Waals surface area (Å²) in [6.45, 7) is 1.60. The van der Waals surface area contributed by atoms with E-state index in [0.29, 0.717) is 16.4 Å². The molecule has 0 radical (unpaired) electrons. The molecule has 0 unspecified atom stereocenters. The highest BCUT2D eigenvalue weighted by Crippen LogP contribution is 2.34. The van der Waals surface area contributed by atoms with Gasteiger partial charge in [-0.25, -0.2) is 9.79 Å². The summed E-state index contributed by atoms with van der Waals surface area (Å²) < 4.78 is 4.72. The van der Waals surface area contributed by atoms with E-state index in [0.717, 1.165) is 0 Å². The molecule has 0 fully saturated rings. The van der Waals surface area contributed by atoms with Crippen molar-refractivity contribution in [2.75, 3.05) is 5.75 Å². The number of carbonyl (C=O) groups is 1. The molecule has 1 aliphatic heterocycles. The van der Waals surface area contributed by atoms with E-state index in [1.54, 1.807) is 31.2 Å². The van der Waals surface area contributed by atoms with Crippen LogP contribution in [0.5, 0.6) is 5.75 Å². The Morgan fingerprint density at radius 3 is 2.88 bits per heavy atom. The fraction of sp³-hybridized carbons (Fsp3) is 0.273. The lowest BCUT2D eigenvalue weighted by molar-refractivity contribution is 0.0136. The number of hydrogen-bond acceptors (Lipinski definition) is 5. The van der Waals surface area contributed by atoms with E-state index in [-0.39, 0.29) is 5.75 Å². The largest absolute Gasteiger partial charge is 0.507 e. The molecule has 1 aromatic carbocycles. The predicted molar refractivity (Wildman–Crippen MR) is 64.6 cm³/mol. The SMILES string of the molecule is C[C@]1(OC(=O)O)CSC(c2ccccc2O)=N1. The molecule has 1 aromatic rings. The van der Waals surface area contributed by atoms with Crippen molar-refractivity contribution in [2.24, 2.45) is 4.99 Å². The topological polar surface area (TPSA) is 79.1 Å². The average molecular weight is 253 g/mol. The molecule has 1 atom stereocenters. The summed E-state index contributed by atoms with van der Waals surface area (Å²) in [7, 11) is 0. The number of benzene rings is 1. The molecule has 6 heteroatoms. The highest BCUT2D eigenvalue weighted by Gasteiger charge is 2.35. The molecule has 17 heavy (non-hydrogen) atoms. The first-order valence-corrected chi connectivity index (χ1v) is 5.92. The van der Waals surface area contributed by atoms with E-state index in [4.69, 9.17) is 9.84 Å². The monoisotopic (exact) mass is 253 g/mol. The first kappa shape index (κ1) is 11.8. The summed E-state index contributed by atoms with van der Waals surface area (Å²) in [6, 6.07) is 6.79. The number of aromatic hydroxyl groups is 1. The lowest BCUT2D eigenvalue weighted by atomic mass is 10.2. The normalized spacial score (nSPS) is 23.2. The molecule has 5 nitrogen and oxygen atoms in total. The van der Waals surface area contributed by atoms with Gasteiger partial charge in [0.1, 0.15) is 10.8 Å². The first-order valence-electron chi connectivity index (χ1n) is 4.93. The van der Waals surface area contributed by atoms with Gasteiger partial charge in [0, 0.05) is 5.56 Å². The number of rotatable bonds is 2. The molecule has 0 amide bonds. The Balaban J connectivity index is 2.28. The molecular formula is C11H11NO4S. The van der Waals surface area contributed by atoms with Crippen LogP contribution >= 0.6 is 11.8 Å². The summed E-state index contributed by atoms with van der Waals surface area (Å²) in [5.74, 6) is 0.529. The van der Waals surface area contributed by atoms with Gasteiger partial charge in [0.25, 0.3) is 0 Å². The lowest BCUT2D eigenvalue weighted by Crippen LogP contribution is -2.29. The van der Waals surface area contributed by atoms with Crippen LogP contribution in [-0.4, -0.2) is 32.9 Å². The predicted octanol–water partition coefficient (Wildman–Crippen LogP) is 2.30. The van der Waals surface area contributed by atoms with Gasteiger partial charge in [-0.2, -0.15) is 0 Å². The smallest absolute Gasteiger partial charge is 0.507 e. The number of nitrogens with zero attached hydrogens (tertiary/aromatic N) is 1. The summed E-state index contributed by atoms with van der Waals surface area (Å²) in [5.41, 5.74) is -0.482. The molecule has 0 bridgehead atoms. The van der Waals surface area contributed by atoms with Crippen LogP contribution in [-0.2, 0) is 4.74 Å². The van der Waals surface area contributed by atoms with Crippen LogP contribution in [0.3, 0.4) is 0 Å². The maximum atomic E-state index is 10.5. The number of para-hydroxylation sites is 1. The van der Waals surface area contributed by atoms with E-state index < -0.39 is 11.9 Å². The summed E-state index contributed by atoms with van der Waals surface area (Å²) in [6.07, 6.45) is -1.35. The van der Waals surface area contributed by atoms with Crippen molar-refractivity contribution in [3.05, 3.63) is 29.8 Å². The van der Waals surface area contributed by atoms with Crippen molar-refractivity contribution in [3.8, 4) is 5.75 Å². The number of phenolic OH excluding ortho intramolecular Hbond substituents is 1. The molecular weight excluding hydrogens is 242 g/mol. The van der Waals surface area contributed by atoms with Gasteiger partial charge < -0.3 is 14.9 Å². The van der Waals surface area contributed by atoms with Gasteiger partial charge in [0.2, 0.25) is 5.72 Å². The molecule has 1 aliphatic rings. The fourth-order valence-electron chi connectivity index (χ4n) is 1.51. The van der Waals surface area contributed by atoms with Crippen LogP contribution in [0.25, 0.3) is 0 Å². The van der Waals surface area contributed by atoms with E-state index in [1.165, 1.54) is 11.8 Å². The molecule has 1 heterocycles. The minimum absolute atomic E-state index is 0.123. The first-order chi connectivity index (χ1) is 8.00. The number of aliphatic imine (C=N–C) groups is 1. The number of phenols is 1. The zero-order valence-corrected chi connectivity index (χ0v) is 9.90. The third-order valence-corrected chi connectivity index (χ3v) is 3.52. The molecule has 0 aromatic heterocycles. The van der Waals surface area contributed by atoms with Crippen LogP contribution < -0.4 is 0 Å².